The molecule has 16 heavy (non-hydrogen) atoms. The number of nitrogens with zero attached hydrogens (tertiary/aromatic N) is 2. The Morgan fingerprint density at radius 3 is 3.00 bits per heavy atom. The normalized spacial score (nSPS) is 12.4. The van der Waals surface area contributed by atoms with Crippen molar-refractivity contribution in [3.63, 3.8) is 0 Å². The van der Waals surface area contributed by atoms with Crippen molar-refractivity contribution in [3.05, 3.63) is 42.0 Å². The molecule has 0 aliphatic rings. The Morgan fingerprint density at radius 1 is 1.62 bits per heavy atom. The molecule has 1 atom stereocenters. The molecule has 2 rings (SSSR count). The SMILES string of the molecule is CC(NC(=O)c1cccn1C)c1cn[nH]c1. The summed E-state index contributed by atoms with van der Waals surface area (Å²) in [7, 11) is 1.84. The van der Waals surface area contributed by atoms with Crippen molar-refractivity contribution in [1.82, 2.24) is 20.1 Å². The van der Waals surface area contributed by atoms with Gasteiger partial charge in [-0.05, 0) is 19.1 Å². The molecule has 1 amide bonds. The van der Waals surface area contributed by atoms with E-state index in [1.165, 1.54) is 0 Å². The Balaban J connectivity index is 2.06. The van der Waals surface area contributed by atoms with Gasteiger partial charge < -0.3 is 9.88 Å². The average Bonchev–Trinajstić information content (AvgIpc) is 2.86. The lowest BCUT2D eigenvalue weighted by atomic mass is 10.2. The van der Waals surface area contributed by atoms with Gasteiger partial charge in [-0.25, -0.2) is 0 Å². The smallest absolute Gasteiger partial charge is 0.268 e. The highest BCUT2D eigenvalue weighted by Crippen LogP contribution is 2.10. The maximum absolute atomic E-state index is 11.9. The van der Waals surface area contributed by atoms with E-state index in [4.69, 9.17) is 0 Å². The Morgan fingerprint density at radius 2 is 2.44 bits per heavy atom. The first-order valence-corrected chi connectivity index (χ1v) is 5.09. The van der Waals surface area contributed by atoms with E-state index >= 15 is 0 Å². The van der Waals surface area contributed by atoms with E-state index in [1.807, 2.05) is 26.2 Å². The molecule has 0 radical (unpaired) electrons. The second kappa shape index (κ2) is 4.22. The largest absolute Gasteiger partial charge is 0.347 e. The van der Waals surface area contributed by atoms with Crippen LogP contribution in [0.5, 0.6) is 0 Å². The first-order chi connectivity index (χ1) is 7.68. The minimum atomic E-state index is -0.0822. The van der Waals surface area contributed by atoms with E-state index in [0.717, 1.165) is 5.56 Å². The monoisotopic (exact) mass is 218 g/mol. The minimum absolute atomic E-state index is 0.0545. The number of amides is 1. The van der Waals surface area contributed by atoms with Gasteiger partial charge in [0, 0.05) is 25.0 Å². The van der Waals surface area contributed by atoms with Crippen LogP contribution in [0.1, 0.15) is 29.0 Å². The highest BCUT2D eigenvalue weighted by molar-refractivity contribution is 5.92. The van der Waals surface area contributed by atoms with Crippen molar-refractivity contribution < 1.29 is 4.79 Å². The summed E-state index contributed by atoms with van der Waals surface area (Å²) in [5, 5.41) is 9.48. The van der Waals surface area contributed by atoms with Gasteiger partial charge in [-0.3, -0.25) is 9.89 Å². The van der Waals surface area contributed by atoms with E-state index < -0.39 is 0 Å². The van der Waals surface area contributed by atoms with Gasteiger partial charge in [-0.1, -0.05) is 0 Å². The quantitative estimate of drug-likeness (QED) is 0.814. The van der Waals surface area contributed by atoms with Crippen LogP contribution in [-0.4, -0.2) is 20.7 Å². The van der Waals surface area contributed by atoms with Gasteiger partial charge >= 0.3 is 0 Å². The first-order valence-electron chi connectivity index (χ1n) is 5.09. The maximum atomic E-state index is 11.9. The molecule has 0 aromatic carbocycles. The van der Waals surface area contributed by atoms with Gasteiger partial charge in [-0.2, -0.15) is 5.10 Å². The molecule has 5 heteroatoms. The van der Waals surface area contributed by atoms with Crippen molar-refractivity contribution in [2.45, 2.75) is 13.0 Å². The molecule has 0 bridgehead atoms. The van der Waals surface area contributed by atoms with Crippen molar-refractivity contribution in [3.8, 4) is 0 Å². The lowest BCUT2D eigenvalue weighted by molar-refractivity contribution is 0.0931. The van der Waals surface area contributed by atoms with Crippen molar-refractivity contribution in [2.24, 2.45) is 7.05 Å². The van der Waals surface area contributed by atoms with E-state index in [-0.39, 0.29) is 11.9 Å². The third-order valence-corrected chi connectivity index (χ3v) is 2.54. The van der Waals surface area contributed by atoms with Gasteiger partial charge in [0.25, 0.3) is 5.91 Å². The molecule has 0 saturated heterocycles. The van der Waals surface area contributed by atoms with Crippen LogP contribution in [0, 0.1) is 0 Å². The molecule has 0 saturated carbocycles. The number of carbonyl (C=O) groups excluding carboxylic acids is 1. The van der Waals surface area contributed by atoms with Gasteiger partial charge in [0.05, 0.1) is 12.2 Å². The van der Waals surface area contributed by atoms with Gasteiger partial charge in [0.2, 0.25) is 0 Å². The molecule has 2 aromatic rings. The molecule has 0 spiro atoms. The zero-order valence-corrected chi connectivity index (χ0v) is 9.27. The summed E-state index contributed by atoms with van der Waals surface area (Å²) in [5.74, 6) is -0.0822. The molecule has 2 heterocycles. The van der Waals surface area contributed by atoms with Crippen molar-refractivity contribution in [2.75, 3.05) is 0 Å². The number of rotatable bonds is 3. The van der Waals surface area contributed by atoms with Crippen LogP contribution in [0.2, 0.25) is 0 Å². The third kappa shape index (κ3) is 1.98. The summed E-state index contributed by atoms with van der Waals surface area (Å²) in [5.41, 5.74) is 1.61. The maximum Gasteiger partial charge on any atom is 0.268 e. The molecule has 2 N–H and O–H groups in total. The standard InChI is InChI=1S/C11H14N4O/c1-8(9-6-12-13-7-9)14-11(16)10-4-3-5-15(10)2/h3-8H,1-2H3,(H,12,13)(H,14,16). The zero-order valence-electron chi connectivity index (χ0n) is 9.27. The molecule has 84 valence electrons. The molecule has 5 nitrogen and oxygen atoms in total. The Hall–Kier alpha value is -2.04. The van der Waals surface area contributed by atoms with Crippen LogP contribution in [0.4, 0.5) is 0 Å². The van der Waals surface area contributed by atoms with E-state index in [1.54, 1.807) is 23.0 Å². The van der Waals surface area contributed by atoms with Gasteiger partial charge in [0.1, 0.15) is 5.69 Å². The summed E-state index contributed by atoms with van der Waals surface area (Å²) in [6, 6.07) is 3.58. The zero-order chi connectivity index (χ0) is 11.5. The number of carbonyl (C=O) groups is 1. The van der Waals surface area contributed by atoms with Crippen LogP contribution >= 0.6 is 0 Å². The number of aryl methyl sites for hydroxylation is 1. The third-order valence-electron chi connectivity index (χ3n) is 2.54. The summed E-state index contributed by atoms with van der Waals surface area (Å²) in [6.45, 7) is 1.92. The lowest BCUT2D eigenvalue weighted by Gasteiger charge is -2.12. The highest BCUT2D eigenvalue weighted by atomic mass is 16.2. The second-order valence-corrected chi connectivity index (χ2v) is 3.73. The predicted molar refractivity (Wildman–Crippen MR) is 59.9 cm³/mol. The summed E-state index contributed by atoms with van der Waals surface area (Å²) in [4.78, 5) is 11.9. The van der Waals surface area contributed by atoms with Crippen LogP contribution in [0.3, 0.4) is 0 Å². The Kier molecular flexibility index (Phi) is 2.76. The summed E-state index contributed by atoms with van der Waals surface area (Å²) < 4.78 is 1.79. The number of hydrogen-bond acceptors (Lipinski definition) is 2. The van der Waals surface area contributed by atoms with E-state index in [0.29, 0.717) is 5.69 Å². The number of hydrogen-bond donors (Lipinski definition) is 2. The second-order valence-electron chi connectivity index (χ2n) is 3.73. The fourth-order valence-electron chi connectivity index (χ4n) is 1.55. The topological polar surface area (TPSA) is 62.7 Å². The number of aromatic nitrogens is 3. The summed E-state index contributed by atoms with van der Waals surface area (Å²) >= 11 is 0. The molecular formula is C11H14N4O. The number of nitrogens with one attached hydrogen (secondary N) is 2. The van der Waals surface area contributed by atoms with E-state index in [9.17, 15) is 4.79 Å². The lowest BCUT2D eigenvalue weighted by Crippen LogP contribution is -2.27. The number of H-pyrrole nitrogens is 1. The highest BCUT2D eigenvalue weighted by Gasteiger charge is 2.13. The molecule has 2 aromatic heterocycles. The van der Waals surface area contributed by atoms with Crippen molar-refractivity contribution >= 4 is 5.91 Å². The number of aromatic amines is 1. The summed E-state index contributed by atoms with van der Waals surface area (Å²) in [6.07, 6.45) is 5.32. The van der Waals surface area contributed by atoms with Crippen LogP contribution in [-0.2, 0) is 7.05 Å². The van der Waals surface area contributed by atoms with Gasteiger partial charge in [-0.15, -0.1) is 0 Å². The first kappa shape index (κ1) is 10.5. The average molecular weight is 218 g/mol. The molecular weight excluding hydrogens is 204 g/mol. The van der Waals surface area contributed by atoms with Crippen LogP contribution in [0.15, 0.2) is 30.7 Å². The fraction of sp³-hybridized carbons (Fsp3) is 0.273. The molecule has 0 fully saturated rings. The molecule has 0 aliphatic carbocycles. The predicted octanol–water partition coefficient (Wildman–Crippen LogP) is 1.24. The minimum Gasteiger partial charge on any atom is -0.347 e. The molecule has 1 unspecified atom stereocenters. The Labute approximate surface area is 93.5 Å². The van der Waals surface area contributed by atoms with Gasteiger partial charge in [0.15, 0.2) is 0 Å². The fourth-order valence-corrected chi connectivity index (χ4v) is 1.55. The van der Waals surface area contributed by atoms with Crippen LogP contribution < -0.4 is 5.32 Å². The van der Waals surface area contributed by atoms with Crippen LogP contribution in [0.25, 0.3) is 0 Å². The molecule has 0 aliphatic heterocycles. The van der Waals surface area contributed by atoms with E-state index in [2.05, 4.69) is 15.5 Å². The van der Waals surface area contributed by atoms with Crippen molar-refractivity contribution in [1.29, 1.82) is 0 Å². The Bertz CT molecular complexity index is 472.